The maximum atomic E-state index is 12.3. The third-order valence-corrected chi connectivity index (χ3v) is 4.52. The molecular weight excluding hydrogens is 222 g/mol. The molecule has 0 spiro atoms. The van der Waals surface area contributed by atoms with Crippen molar-refractivity contribution in [1.29, 1.82) is 0 Å². The number of hydrogen-bond donors (Lipinski definition) is 1. The van der Waals surface area contributed by atoms with Gasteiger partial charge >= 0.3 is 0 Å². The molecule has 1 aromatic rings. The van der Waals surface area contributed by atoms with Crippen LogP contribution in [0.3, 0.4) is 0 Å². The van der Waals surface area contributed by atoms with Gasteiger partial charge in [0.25, 0.3) is 0 Å². The lowest BCUT2D eigenvalue weighted by atomic mass is 10.1. The minimum atomic E-state index is -1.14. The molecular formula is C12H17NO2S. The van der Waals surface area contributed by atoms with Gasteiger partial charge in [-0.3, -0.25) is 0 Å². The second kappa shape index (κ2) is 5.08. The first-order valence-electron chi connectivity index (χ1n) is 5.62. The van der Waals surface area contributed by atoms with Gasteiger partial charge < -0.3 is 5.11 Å². The van der Waals surface area contributed by atoms with E-state index >= 15 is 0 Å². The number of aliphatic hydroxyl groups excluding tert-OH is 1. The summed E-state index contributed by atoms with van der Waals surface area (Å²) in [4.78, 5) is 0.815. The second-order valence-electron chi connectivity index (χ2n) is 4.15. The van der Waals surface area contributed by atoms with Gasteiger partial charge in [0.2, 0.25) is 0 Å². The third kappa shape index (κ3) is 2.34. The molecule has 3 unspecified atom stereocenters. The summed E-state index contributed by atoms with van der Waals surface area (Å²) in [6.07, 6.45) is 1.51. The van der Waals surface area contributed by atoms with Crippen LogP contribution < -0.4 is 0 Å². The molecule has 2 rings (SSSR count). The van der Waals surface area contributed by atoms with Crippen LogP contribution in [0, 0.1) is 0 Å². The number of benzene rings is 1. The maximum Gasteiger partial charge on any atom is 0.127 e. The Hall–Kier alpha value is -0.710. The van der Waals surface area contributed by atoms with Crippen molar-refractivity contribution in [3.8, 4) is 0 Å². The number of nitrogens with zero attached hydrogens (tertiary/aromatic N) is 1. The average molecular weight is 239 g/mol. The van der Waals surface area contributed by atoms with E-state index in [1.165, 1.54) is 0 Å². The van der Waals surface area contributed by atoms with Gasteiger partial charge in [-0.25, -0.2) is 8.51 Å². The summed E-state index contributed by atoms with van der Waals surface area (Å²) < 4.78 is 14.2. The van der Waals surface area contributed by atoms with Gasteiger partial charge in [-0.1, -0.05) is 18.2 Å². The molecule has 0 bridgehead atoms. The molecule has 4 heteroatoms. The second-order valence-corrected chi connectivity index (χ2v) is 5.59. The summed E-state index contributed by atoms with van der Waals surface area (Å²) in [6, 6.07) is 9.46. The smallest absolute Gasteiger partial charge is 0.127 e. The van der Waals surface area contributed by atoms with Gasteiger partial charge in [0, 0.05) is 12.6 Å². The molecule has 1 aromatic carbocycles. The fourth-order valence-electron chi connectivity index (χ4n) is 2.13. The molecule has 0 saturated carbocycles. The zero-order chi connectivity index (χ0) is 11.5. The van der Waals surface area contributed by atoms with Crippen LogP contribution in [0.15, 0.2) is 35.2 Å². The van der Waals surface area contributed by atoms with E-state index in [-0.39, 0.29) is 6.04 Å². The fourth-order valence-corrected chi connectivity index (χ4v) is 3.61. The van der Waals surface area contributed by atoms with Crippen LogP contribution >= 0.6 is 0 Å². The van der Waals surface area contributed by atoms with E-state index in [4.69, 9.17) is 0 Å². The van der Waals surface area contributed by atoms with Gasteiger partial charge in [-0.05, 0) is 31.9 Å². The lowest BCUT2D eigenvalue weighted by Crippen LogP contribution is -2.38. The Balaban J connectivity index is 2.16. The molecule has 1 heterocycles. The molecule has 1 N–H and O–H groups in total. The first-order chi connectivity index (χ1) is 7.70. The van der Waals surface area contributed by atoms with E-state index in [0.29, 0.717) is 0 Å². The van der Waals surface area contributed by atoms with Crippen LogP contribution in [-0.2, 0) is 11.0 Å². The SMILES string of the molecule is CC(O)C1CCCN1S(=O)c1ccccc1. The monoisotopic (exact) mass is 239 g/mol. The van der Waals surface area contributed by atoms with Crippen molar-refractivity contribution < 1.29 is 9.32 Å². The van der Waals surface area contributed by atoms with Crippen molar-refractivity contribution in [2.75, 3.05) is 6.54 Å². The van der Waals surface area contributed by atoms with Crippen molar-refractivity contribution in [2.24, 2.45) is 0 Å². The number of hydrogen-bond acceptors (Lipinski definition) is 2. The van der Waals surface area contributed by atoms with Crippen molar-refractivity contribution >= 4 is 11.0 Å². The molecule has 0 amide bonds. The molecule has 88 valence electrons. The van der Waals surface area contributed by atoms with Gasteiger partial charge in [0.05, 0.1) is 11.0 Å². The average Bonchev–Trinajstić information content (AvgIpc) is 2.78. The molecule has 0 radical (unpaired) electrons. The third-order valence-electron chi connectivity index (χ3n) is 2.96. The van der Waals surface area contributed by atoms with Crippen LogP contribution in [-0.4, -0.2) is 32.3 Å². The fraction of sp³-hybridized carbons (Fsp3) is 0.500. The van der Waals surface area contributed by atoms with Crippen molar-refractivity contribution in [3.63, 3.8) is 0 Å². The summed E-state index contributed by atoms with van der Waals surface area (Å²) >= 11 is 0. The van der Waals surface area contributed by atoms with Crippen LogP contribution in [0.4, 0.5) is 0 Å². The van der Waals surface area contributed by atoms with Gasteiger partial charge in [0.1, 0.15) is 11.0 Å². The topological polar surface area (TPSA) is 40.5 Å². The molecule has 3 nitrogen and oxygen atoms in total. The highest BCUT2D eigenvalue weighted by Gasteiger charge is 2.32. The Labute approximate surface area is 98.7 Å². The normalized spacial score (nSPS) is 25.5. The van der Waals surface area contributed by atoms with Gasteiger partial charge in [0.15, 0.2) is 0 Å². The Morgan fingerprint density at radius 1 is 1.44 bits per heavy atom. The predicted molar refractivity (Wildman–Crippen MR) is 64.3 cm³/mol. The highest BCUT2D eigenvalue weighted by Crippen LogP contribution is 2.25. The summed E-state index contributed by atoms with van der Waals surface area (Å²) in [6.45, 7) is 2.57. The Kier molecular flexibility index (Phi) is 3.74. The summed E-state index contributed by atoms with van der Waals surface area (Å²) in [5.74, 6) is 0. The molecule has 1 fully saturated rings. The van der Waals surface area contributed by atoms with E-state index in [2.05, 4.69) is 0 Å². The summed E-state index contributed by atoms with van der Waals surface area (Å²) in [7, 11) is -1.14. The Morgan fingerprint density at radius 3 is 2.75 bits per heavy atom. The minimum absolute atomic E-state index is 0.0287. The van der Waals surface area contributed by atoms with Crippen LogP contribution in [0.5, 0.6) is 0 Å². The van der Waals surface area contributed by atoms with E-state index in [0.717, 1.165) is 24.3 Å². The van der Waals surface area contributed by atoms with Gasteiger partial charge in [-0.2, -0.15) is 0 Å². The summed E-state index contributed by atoms with van der Waals surface area (Å²) in [5.41, 5.74) is 0. The van der Waals surface area contributed by atoms with Crippen molar-refractivity contribution in [2.45, 2.75) is 36.8 Å². The highest BCUT2D eigenvalue weighted by atomic mass is 32.2. The van der Waals surface area contributed by atoms with Crippen molar-refractivity contribution in [3.05, 3.63) is 30.3 Å². The molecule has 1 aliphatic rings. The Morgan fingerprint density at radius 2 is 2.12 bits per heavy atom. The molecule has 16 heavy (non-hydrogen) atoms. The van der Waals surface area contributed by atoms with E-state index in [1.807, 2.05) is 34.6 Å². The lowest BCUT2D eigenvalue weighted by molar-refractivity contribution is 0.125. The zero-order valence-electron chi connectivity index (χ0n) is 9.37. The Bertz CT molecular complexity index is 367. The van der Waals surface area contributed by atoms with E-state index < -0.39 is 17.1 Å². The quantitative estimate of drug-likeness (QED) is 0.869. The van der Waals surface area contributed by atoms with Crippen LogP contribution in [0.2, 0.25) is 0 Å². The zero-order valence-corrected chi connectivity index (χ0v) is 10.2. The molecule has 3 atom stereocenters. The summed E-state index contributed by atoms with van der Waals surface area (Å²) in [5, 5.41) is 9.64. The minimum Gasteiger partial charge on any atom is -0.392 e. The van der Waals surface area contributed by atoms with E-state index in [9.17, 15) is 9.32 Å². The molecule has 1 aliphatic heterocycles. The van der Waals surface area contributed by atoms with E-state index in [1.54, 1.807) is 6.92 Å². The van der Waals surface area contributed by atoms with Crippen LogP contribution in [0.1, 0.15) is 19.8 Å². The van der Waals surface area contributed by atoms with Crippen LogP contribution in [0.25, 0.3) is 0 Å². The molecule has 0 aliphatic carbocycles. The first-order valence-corrected chi connectivity index (χ1v) is 6.72. The van der Waals surface area contributed by atoms with Gasteiger partial charge in [-0.15, -0.1) is 0 Å². The first kappa shape index (κ1) is 11.8. The number of rotatable bonds is 3. The highest BCUT2D eigenvalue weighted by molar-refractivity contribution is 7.82. The largest absolute Gasteiger partial charge is 0.392 e. The van der Waals surface area contributed by atoms with Crippen molar-refractivity contribution in [1.82, 2.24) is 4.31 Å². The molecule has 1 saturated heterocycles. The number of aliphatic hydroxyl groups is 1. The standard InChI is InChI=1S/C12H17NO2S/c1-10(14)12-8-5-9-13(12)16(15)11-6-3-2-4-7-11/h2-4,6-7,10,12,14H,5,8-9H2,1H3. The maximum absolute atomic E-state index is 12.3. The predicted octanol–water partition coefficient (Wildman–Crippen LogP) is 1.55. The molecule has 0 aromatic heterocycles. The lowest BCUT2D eigenvalue weighted by Gasteiger charge is -2.25.